The van der Waals surface area contributed by atoms with E-state index in [0.29, 0.717) is 30.8 Å². The number of ether oxygens (including phenoxy) is 1. The molecular formula is C23H20F3N3O2. The summed E-state index contributed by atoms with van der Waals surface area (Å²) in [6, 6.07) is 17.4. The van der Waals surface area contributed by atoms with Crippen molar-refractivity contribution in [1.29, 1.82) is 0 Å². The molecule has 160 valence electrons. The topological polar surface area (TPSA) is 68.5 Å². The van der Waals surface area contributed by atoms with Crippen LogP contribution in [-0.2, 0) is 6.18 Å². The van der Waals surface area contributed by atoms with Crippen LogP contribution in [0, 0.1) is 0 Å². The molecule has 1 amide bonds. The van der Waals surface area contributed by atoms with Gasteiger partial charge in [-0.25, -0.2) is 4.98 Å². The zero-order chi connectivity index (χ0) is 22.0. The number of rotatable bonds is 5. The third-order valence-corrected chi connectivity index (χ3v) is 5.21. The first-order valence-electron chi connectivity index (χ1n) is 9.75. The van der Waals surface area contributed by atoms with Gasteiger partial charge >= 0.3 is 6.18 Å². The molecule has 1 aliphatic rings. The van der Waals surface area contributed by atoms with E-state index in [4.69, 9.17) is 10.5 Å². The molecule has 4 rings (SSSR count). The molecule has 0 bridgehead atoms. The highest BCUT2D eigenvalue weighted by Crippen LogP contribution is 2.32. The van der Waals surface area contributed by atoms with Gasteiger partial charge in [-0.2, -0.15) is 13.2 Å². The van der Waals surface area contributed by atoms with Crippen LogP contribution in [0.3, 0.4) is 0 Å². The van der Waals surface area contributed by atoms with Crippen molar-refractivity contribution in [2.75, 3.05) is 18.0 Å². The van der Waals surface area contributed by atoms with Crippen LogP contribution >= 0.6 is 0 Å². The maximum Gasteiger partial charge on any atom is 0.417 e. The molecule has 1 aliphatic heterocycles. The average molecular weight is 427 g/mol. The quantitative estimate of drug-likeness (QED) is 0.650. The van der Waals surface area contributed by atoms with Gasteiger partial charge in [0, 0.05) is 30.9 Å². The van der Waals surface area contributed by atoms with Gasteiger partial charge in [-0.3, -0.25) is 4.79 Å². The van der Waals surface area contributed by atoms with Gasteiger partial charge in [0.05, 0.1) is 17.7 Å². The van der Waals surface area contributed by atoms with Crippen molar-refractivity contribution >= 4 is 11.6 Å². The number of aromatic nitrogens is 1. The minimum atomic E-state index is -4.44. The fourth-order valence-electron chi connectivity index (χ4n) is 3.65. The Morgan fingerprint density at radius 3 is 2.48 bits per heavy atom. The Labute approximate surface area is 177 Å². The van der Waals surface area contributed by atoms with Crippen LogP contribution in [0.1, 0.15) is 22.3 Å². The number of benzene rings is 2. The van der Waals surface area contributed by atoms with Crippen LogP contribution in [0.15, 0.2) is 66.9 Å². The zero-order valence-corrected chi connectivity index (χ0v) is 16.5. The molecule has 0 saturated carbocycles. The van der Waals surface area contributed by atoms with E-state index >= 15 is 0 Å². The van der Waals surface area contributed by atoms with Crippen molar-refractivity contribution in [3.05, 3.63) is 78.0 Å². The number of nitrogens with zero attached hydrogens (tertiary/aromatic N) is 2. The predicted octanol–water partition coefficient (Wildman–Crippen LogP) is 4.52. The van der Waals surface area contributed by atoms with Crippen LogP contribution in [-0.4, -0.2) is 30.1 Å². The normalized spacial score (nSPS) is 16.4. The number of primary amides is 1. The summed E-state index contributed by atoms with van der Waals surface area (Å²) in [5, 5.41) is 0. The van der Waals surface area contributed by atoms with Crippen molar-refractivity contribution in [3.63, 3.8) is 0 Å². The van der Waals surface area contributed by atoms with E-state index in [-0.39, 0.29) is 12.0 Å². The van der Waals surface area contributed by atoms with Crippen molar-refractivity contribution in [2.24, 2.45) is 5.73 Å². The predicted molar refractivity (Wildman–Crippen MR) is 111 cm³/mol. The Kier molecular flexibility index (Phi) is 5.54. The molecule has 1 fully saturated rings. The van der Waals surface area contributed by atoms with Gasteiger partial charge in [-0.1, -0.05) is 36.4 Å². The lowest BCUT2D eigenvalue weighted by Crippen LogP contribution is -2.27. The lowest BCUT2D eigenvalue weighted by molar-refractivity contribution is -0.137. The van der Waals surface area contributed by atoms with E-state index in [0.717, 1.165) is 23.4 Å². The third kappa shape index (κ3) is 4.63. The van der Waals surface area contributed by atoms with Crippen molar-refractivity contribution < 1.29 is 22.7 Å². The van der Waals surface area contributed by atoms with Gasteiger partial charge in [-0.05, 0) is 29.3 Å². The molecule has 1 atom stereocenters. The number of amides is 1. The van der Waals surface area contributed by atoms with Gasteiger partial charge in [0.25, 0.3) is 5.91 Å². The number of alkyl halides is 3. The van der Waals surface area contributed by atoms with Gasteiger partial charge in [-0.15, -0.1) is 0 Å². The van der Waals surface area contributed by atoms with Gasteiger partial charge in [0.2, 0.25) is 5.88 Å². The second-order valence-corrected chi connectivity index (χ2v) is 7.32. The highest BCUT2D eigenvalue weighted by molar-refractivity contribution is 6.00. The summed E-state index contributed by atoms with van der Waals surface area (Å²) >= 11 is 0. The second-order valence-electron chi connectivity index (χ2n) is 7.32. The lowest BCUT2D eigenvalue weighted by atomic mass is 10.0. The summed E-state index contributed by atoms with van der Waals surface area (Å²) in [5.74, 6) is -0.393. The minimum absolute atomic E-state index is 0.134. The highest BCUT2D eigenvalue weighted by Gasteiger charge is 2.31. The van der Waals surface area contributed by atoms with E-state index in [1.54, 1.807) is 6.07 Å². The molecule has 2 N–H and O–H groups in total. The third-order valence-electron chi connectivity index (χ3n) is 5.21. The summed E-state index contributed by atoms with van der Waals surface area (Å²) in [6.45, 7) is 1.09. The molecule has 0 radical (unpaired) electrons. The van der Waals surface area contributed by atoms with Crippen LogP contribution < -0.4 is 15.4 Å². The molecule has 2 aromatic carbocycles. The molecule has 8 heteroatoms. The lowest BCUT2D eigenvalue weighted by Gasteiger charge is -2.22. The van der Waals surface area contributed by atoms with Crippen LogP contribution in [0.4, 0.5) is 18.9 Å². The van der Waals surface area contributed by atoms with Crippen LogP contribution in [0.5, 0.6) is 5.88 Å². The summed E-state index contributed by atoms with van der Waals surface area (Å²) in [6.07, 6.45) is -3.30. The molecule has 0 aliphatic carbocycles. The number of anilines is 1. The molecule has 1 aromatic heterocycles. The van der Waals surface area contributed by atoms with E-state index in [2.05, 4.69) is 4.98 Å². The monoisotopic (exact) mass is 427 g/mol. The number of carbonyl (C=O) groups excluding carboxylic acids is 1. The molecule has 3 aromatic rings. The Bertz CT molecular complexity index is 1070. The van der Waals surface area contributed by atoms with Crippen molar-refractivity contribution in [1.82, 2.24) is 4.98 Å². The summed E-state index contributed by atoms with van der Waals surface area (Å²) in [4.78, 5) is 17.9. The summed E-state index contributed by atoms with van der Waals surface area (Å²) in [5.41, 5.74) is 7.80. The number of nitrogens with two attached hydrogens (primary N) is 1. The Balaban J connectivity index is 1.49. The van der Waals surface area contributed by atoms with E-state index < -0.39 is 17.6 Å². The van der Waals surface area contributed by atoms with Gasteiger partial charge < -0.3 is 15.4 Å². The molecule has 31 heavy (non-hydrogen) atoms. The highest BCUT2D eigenvalue weighted by atomic mass is 19.4. The Hall–Kier alpha value is -3.55. The molecule has 1 saturated heterocycles. The fraction of sp³-hybridized carbons (Fsp3) is 0.217. The average Bonchev–Trinajstić information content (AvgIpc) is 3.22. The van der Waals surface area contributed by atoms with Gasteiger partial charge in [0.15, 0.2) is 0 Å². The molecular weight excluding hydrogens is 407 g/mol. The standard InChI is InChI=1S/C23H20F3N3O2/c24-23(25,26)17-7-9-21(28-13-17)31-18-10-11-29(14-18)20-8-6-16(12-19(20)22(27)30)15-4-2-1-3-5-15/h1-9,12-13,18H,10-11,14H2,(H2,27,30)/t18-/m1/s1. The first-order valence-corrected chi connectivity index (χ1v) is 9.75. The largest absolute Gasteiger partial charge is 0.472 e. The number of hydrogen-bond acceptors (Lipinski definition) is 4. The molecule has 0 unspecified atom stereocenters. The first-order chi connectivity index (χ1) is 14.8. The molecule has 2 heterocycles. The van der Waals surface area contributed by atoms with Crippen LogP contribution in [0.25, 0.3) is 11.1 Å². The number of pyridine rings is 1. The molecule has 0 spiro atoms. The maximum atomic E-state index is 12.7. The SMILES string of the molecule is NC(=O)c1cc(-c2ccccc2)ccc1N1CC[C@@H](Oc2ccc(C(F)(F)F)cn2)C1. The van der Waals surface area contributed by atoms with E-state index in [9.17, 15) is 18.0 Å². The smallest absolute Gasteiger partial charge is 0.417 e. The first kappa shape index (κ1) is 20.7. The zero-order valence-electron chi connectivity index (χ0n) is 16.5. The molecule has 5 nitrogen and oxygen atoms in total. The Morgan fingerprint density at radius 1 is 1.06 bits per heavy atom. The number of carbonyl (C=O) groups is 1. The van der Waals surface area contributed by atoms with E-state index in [1.807, 2.05) is 47.4 Å². The van der Waals surface area contributed by atoms with Crippen molar-refractivity contribution in [3.8, 4) is 17.0 Å². The maximum absolute atomic E-state index is 12.7. The number of halogens is 3. The summed E-state index contributed by atoms with van der Waals surface area (Å²) in [7, 11) is 0. The second kappa shape index (κ2) is 8.29. The van der Waals surface area contributed by atoms with E-state index in [1.165, 1.54) is 6.07 Å². The minimum Gasteiger partial charge on any atom is -0.472 e. The Morgan fingerprint density at radius 2 is 1.84 bits per heavy atom. The number of hydrogen-bond donors (Lipinski definition) is 1. The summed E-state index contributed by atoms with van der Waals surface area (Å²) < 4.78 is 43.8. The van der Waals surface area contributed by atoms with Crippen molar-refractivity contribution in [2.45, 2.75) is 18.7 Å². The fourth-order valence-corrected chi connectivity index (χ4v) is 3.65. The van der Waals surface area contributed by atoms with Crippen LogP contribution in [0.2, 0.25) is 0 Å². The van der Waals surface area contributed by atoms with Gasteiger partial charge in [0.1, 0.15) is 6.10 Å².